The zero-order valence-electron chi connectivity index (χ0n) is 24.4. The number of nitrogens with zero attached hydrogens (tertiary/aromatic N) is 6. The number of allylic oxidation sites excluding steroid dienone is 1. The molecule has 1 aliphatic heterocycles. The minimum atomic E-state index is -0.367. The van der Waals surface area contributed by atoms with Crippen molar-refractivity contribution in [3.05, 3.63) is 75.2 Å². The Hall–Kier alpha value is -4.57. The maximum Gasteiger partial charge on any atom is 0.291 e. The third kappa shape index (κ3) is 5.05. The maximum absolute atomic E-state index is 13.4. The van der Waals surface area contributed by atoms with Crippen LogP contribution in [-0.2, 0) is 38.3 Å². The number of pyridine rings is 1. The highest BCUT2D eigenvalue weighted by atomic mass is 35.5. The van der Waals surface area contributed by atoms with Gasteiger partial charge >= 0.3 is 0 Å². The lowest BCUT2D eigenvalue weighted by molar-refractivity contribution is 0.100. The van der Waals surface area contributed by atoms with Crippen LogP contribution < -0.4 is 10.6 Å². The van der Waals surface area contributed by atoms with Crippen LogP contribution in [0.3, 0.4) is 0 Å². The zero-order valence-corrected chi connectivity index (χ0v) is 25.2. The second-order valence-electron chi connectivity index (χ2n) is 11.0. The average molecular weight is 599 g/mol. The molecule has 11 nitrogen and oxygen atoms in total. The Morgan fingerprint density at radius 1 is 1.02 bits per heavy atom. The standard InChI is InChI=1S/C31H31ClN8O3/c1-17-19(8-6-10-21(17)35-30(42)27-20-9-5-7-18(16-41)28(20)40(4)37-27)26-25(32)22(11-13-33-26)36-31(43)29-34-23-15-38(2)14-12-24(23)39(29)3/h6,8,10-11,13H,5,7,9,12,14-15H2,1-4H3,(H,35,42)(H,33,36,43). The number of amides is 2. The van der Waals surface area contributed by atoms with Gasteiger partial charge in [-0.1, -0.05) is 23.7 Å². The number of anilines is 2. The number of likely N-dealkylation sites (N-methyl/N-ethyl adjacent to an activating group) is 1. The first kappa shape index (κ1) is 28.5. The van der Waals surface area contributed by atoms with Crippen LogP contribution in [-0.4, -0.2) is 60.6 Å². The first-order valence-corrected chi connectivity index (χ1v) is 14.5. The van der Waals surface area contributed by atoms with Crippen molar-refractivity contribution in [2.45, 2.75) is 39.2 Å². The molecule has 4 aromatic rings. The van der Waals surface area contributed by atoms with Gasteiger partial charge in [-0.25, -0.2) is 9.78 Å². The Balaban J connectivity index is 1.26. The van der Waals surface area contributed by atoms with Crippen LogP contribution in [0.1, 0.15) is 62.2 Å². The van der Waals surface area contributed by atoms with Crippen LogP contribution in [0.5, 0.6) is 0 Å². The van der Waals surface area contributed by atoms with Crippen molar-refractivity contribution >= 4 is 46.3 Å². The minimum Gasteiger partial charge on any atom is -0.327 e. The Labute approximate surface area is 253 Å². The zero-order chi connectivity index (χ0) is 30.4. The number of hydrogen-bond donors (Lipinski definition) is 2. The van der Waals surface area contributed by atoms with Crippen LogP contribution in [0.25, 0.3) is 16.8 Å². The van der Waals surface area contributed by atoms with Crippen LogP contribution in [0, 0.1) is 6.92 Å². The molecule has 6 rings (SSSR count). The van der Waals surface area contributed by atoms with Gasteiger partial charge in [-0.15, -0.1) is 0 Å². The van der Waals surface area contributed by atoms with Crippen molar-refractivity contribution in [3.63, 3.8) is 0 Å². The third-order valence-electron chi connectivity index (χ3n) is 8.25. The molecule has 0 saturated carbocycles. The highest BCUT2D eigenvalue weighted by Gasteiger charge is 2.28. The number of aryl methyl sites for hydroxylation is 1. The molecule has 0 spiro atoms. The number of nitrogens with one attached hydrogen (secondary N) is 2. The van der Waals surface area contributed by atoms with Gasteiger partial charge in [0.05, 0.1) is 33.4 Å². The van der Waals surface area contributed by atoms with Crippen molar-refractivity contribution < 1.29 is 14.4 Å². The fourth-order valence-electron chi connectivity index (χ4n) is 6.00. The second kappa shape index (κ2) is 11.3. The van der Waals surface area contributed by atoms with Gasteiger partial charge in [0.25, 0.3) is 11.8 Å². The first-order valence-electron chi connectivity index (χ1n) is 14.1. The summed E-state index contributed by atoms with van der Waals surface area (Å²) in [4.78, 5) is 49.4. The highest BCUT2D eigenvalue weighted by molar-refractivity contribution is 6.36. The van der Waals surface area contributed by atoms with E-state index >= 15 is 0 Å². The molecule has 0 atom stereocenters. The smallest absolute Gasteiger partial charge is 0.291 e. The quantitative estimate of drug-likeness (QED) is 0.329. The van der Waals surface area contributed by atoms with E-state index in [1.54, 1.807) is 36.1 Å². The topological polar surface area (TPSA) is 127 Å². The van der Waals surface area contributed by atoms with Crippen molar-refractivity contribution in [3.8, 4) is 11.3 Å². The Kier molecular flexibility index (Phi) is 7.47. The van der Waals surface area contributed by atoms with Crippen LogP contribution in [0.2, 0.25) is 5.02 Å². The summed E-state index contributed by atoms with van der Waals surface area (Å²) in [6.07, 6.45) is 4.45. The van der Waals surface area contributed by atoms with Gasteiger partial charge in [0.1, 0.15) is 5.94 Å². The predicted molar refractivity (Wildman–Crippen MR) is 164 cm³/mol. The van der Waals surface area contributed by atoms with Gasteiger partial charge in [0.15, 0.2) is 11.5 Å². The summed E-state index contributed by atoms with van der Waals surface area (Å²) < 4.78 is 3.42. The normalized spacial score (nSPS) is 14.6. The fraction of sp³-hybridized carbons (Fsp3) is 0.323. The molecule has 3 aromatic heterocycles. The number of hydrogen-bond acceptors (Lipinski definition) is 7. The molecule has 2 aliphatic rings. The molecule has 4 heterocycles. The number of aromatic nitrogens is 5. The predicted octanol–water partition coefficient (Wildman–Crippen LogP) is 4.22. The third-order valence-corrected chi connectivity index (χ3v) is 8.63. The second-order valence-corrected chi connectivity index (χ2v) is 11.4. The molecule has 0 radical (unpaired) electrons. The number of carbonyl (C=O) groups excluding carboxylic acids is 3. The summed E-state index contributed by atoms with van der Waals surface area (Å²) in [5, 5.41) is 10.6. The van der Waals surface area contributed by atoms with E-state index in [0.29, 0.717) is 64.8 Å². The van der Waals surface area contributed by atoms with Gasteiger partial charge in [-0.2, -0.15) is 5.10 Å². The van der Waals surface area contributed by atoms with Gasteiger partial charge in [-0.05, 0) is 50.9 Å². The molecule has 1 aliphatic carbocycles. The molecule has 0 saturated heterocycles. The maximum atomic E-state index is 13.4. The number of fused-ring (bicyclic) bond motifs is 2. The molecule has 43 heavy (non-hydrogen) atoms. The highest BCUT2D eigenvalue weighted by Crippen LogP contribution is 2.37. The van der Waals surface area contributed by atoms with E-state index in [4.69, 9.17) is 11.6 Å². The minimum absolute atomic E-state index is 0.271. The van der Waals surface area contributed by atoms with Crippen molar-refractivity contribution in [1.29, 1.82) is 0 Å². The van der Waals surface area contributed by atoms with E-state index in [2.05, 4.69) is 30.6 Å². The summed E-state index contributed by atoms with van der Waals surface area (Å²) in [6, 6.07) is 7.10. The van der Waals surface area contributed by atoms with Crippen LogP contribution in [0.4, 0.5) is 11.4 Å². The molecule has 0 unspecified atom stereocenters. The van der Waals surface area contributed by atoms with E-state index in [-0.39, 0.29) is 16.8 Å². The van der Waals surface area contributed by atoms with Crippen molar-refractivity contribution in [2.75, 3.05) is 24.2 Å². The first-order chi connectivity index (χ1) is 20.7. The Bertz CT molecular complexity index is 1850. The number of carbonyl (C=O) groups is 2. The van der Waals surface area contributed by atoms with Crippen LogP contribution in [0.15, 0.2) is 30.5 Å². The lowest BCUT2D eigenvalue weighted by Gasteiger charge is -2.21. The summed E-state index contributed by atoms with van der Waals surface area (Å²) >= 11 is 6.83. The molecule has 220 valence electrons. The molecule has 0 bridgehead atoms. The Morgan fingerprint density at radius 2 is 1.81 bits per heavy atom. The van der Waals surface area contributed by atoms with E-state index in [0.717, 1.165) is 41.9 Å². The summed E-state index contributed by atoms with van der Waals surface area (Å²) in [5.74, 6) is 1.60. The summed E-state index contributed by atoms with van der Waals surface area (Å²) in [5.41, 5.74) is 7.10. The molecule has 1 aromatic carbocycles. The van der Waals surface area contributed by atoms with Crippen molar-refractivity contribution in [1.82, 2.24) is 29.2 Å². The summed E-state index contributed by atoms with van der Waals surface area (Å²) in [6.45, 7) is 3.47. The number of rotatable bonds is 5. The lowest BCUT2D eigenvalue weighted by Crippen LogP contribution is -2.27. The van der Waals surface area contributed by atoms with Gasteiger partial charge in [-0.3, -0.25) is 19.3 Å². The number of halogens is 1. The molecular weight excluding hydrogens is 568 g/mol. The van der Waals surface area contributed by atoms with E-state index in [1.165, 1.54) is 0 Å². The SMILES string of the molecule is Cc1c(NC(=O)c2nn(C)c3c2CCCC3=C=O)cccc1-c1nccc(NC(=O)c2nc3c(n2C)CCN(C)C3)c1Cl. The van der Waals surface area contributed by atoms with Crippen LogP contribution >= 0.6 is 11.6 Å². The van der Waals surface area contributed by atoms with E-state index in [1.807, 2.05) is 37.6 Å². The monoisotopic (exact) mass is 598 g/mol. The molecule has 12 heteroatoms. The average Bonchev–Trinajstić information content (AvgIpc) is 3.51. The van der Waals surface area contributed by atoms with Crippen molar-refractivity contribution in [2.24, 2.45) is 14.1 Å². The number of benzene rings is 1. The van der Waals surface area contributed by atoms with Gasteiger partial charge < -0.3 is 20.1 Å². The van der Waals surface area contributed by atoms with Gasteiger partial charge in [0.2, 0.25) is 0 Å². The molecule has 2 amide bonds. The molecule has 2 N–H and O–H groups in total. The summed E-state index contributed by atoms with van der Waals surface area (Å²) in [7, 11) is 5.61. The van der Waals surface area contributed by atoms with E-state index < -0.39 is 0 Å². The molecule has 0 fully saturated rings. The largest absolute Gasteiger partial charge is 0.327 e. The van der Waals surface area contributed by atoms with E-state index in [9.17, 15) is 14.4 Å². The fourth-order valence-corrected chi connectivity index (χ4v) is 6.26. The number of imidazole rings is 1. The lowest BCUT2D eigenvalue weighted by atomic mass is 9.92. The molecular formula is C31H31ClN8O3. The van der Waals surface area contributed by atoms with Gasteiger partial charge in [0, 0.05) is 62.3 Å². The Morgan fingerprint density at radius 3 is 2.60 bits per heavy atom.